The first kappa shape index (κ1) is 11.4. The third-order valence-electron chi connectivity index (χ3n) is 3.75. The van der Waals surface area contributed by atoms with Gasteiger partial charge < -0.3 is 10.6 Å². The number of aryl methyl sites for hydroxylation is 1. The smallest absolute Gasteiger partial charge is 0.163 e. The lowest BCUT2D eigenvalue weighted by Crippen LogP contribution is -2.40. The van der Waals surface area contributed by atoms with Gasteiger partial charge in [0.1, 0.15) is 12.1 Å². The van der Waals surface area contributed by atoms with Gasteiger partial charge >= 0.3 is 0 Å². The number of rotatable bonds is 4. The van der Waals surface area contributed by atoms with Crippen molar-refractivity contribution in [3.8, 4) is 0 Å². The number of nitrogens with zero attached hydrogens (tertiary/aromatic N) is 5. The fraction of sp³-hybridized carbons (Fsp3) is 0.583. The maximum Gasteiger partial charge on any atom is 0.163 e. The molecule has 0 saturated heterocycles. The van der Waals surface area contributed by atoms with Crippen LogP contribution in [0.1, 0.15) is 12.8 Å². The third kappa shape index (κ3) is 1.73. The zero-order chi connectivity index (χ0) is 12.7. The van der Waals surface area contributed by atoms with Crippen LogP contribution in [0, 0.1) is 5.92 Å². The summed E-state index contributed by atoms with van der Waals surface area (Å²) in [6, 6.07) is 0.364. The molecule has 1 fully saturated rings. The van der Waals surface area contributed by atoms with Crippen LogP contribution in [0.25, 0.3) is 11.0 Å². The van der Waals surface area contributed by atoms with Gasteiger partial charge in [0.05, 0.1) is 11.6 Å². The van der Waals surface area contributed by atoms with Gasteiger partial charge in [-0.05, 0) is 18.8 Å². The van der Waals surface area contributed by atoms with Crippen LogP contribution in [0.5, 0.6) is 0 Å². The fourth-order valence-corrected chi connectivity index (χ4v) is 2.54. The van der Waals surface area contributed by atoms with E-state index in [0.717, 1.165) is 16.9 Å². The molecule has 2 N–H and O–H groups in total. The molecule has 0 aromatic carbocycles. The molecule has 0 aliphatic heterocycles. The van der Waals surface area contributed by atoms with Crippen LogP contribution in [0.2, 0.25) is 0 Å². The molecule has 18 heavy (non-hydrogen) atoms. The SMILES string of the molecule is CN(c1ncnc2c1cnn2C)C(CN)C1CC1. The van der Waals surface area contributed by atoms with Crippen molar-refractivity contribution in [1.29, 1.82) is 0 Å². The van der Waals surface area contributed by atoms with E-state index in [4.69, 9.17) is 5.73 Å². The first-order valence-corrected chi connectivity index (χ1v) is 6.28. The molecule has 6 heteroatoms. The van der Waals surface area contributed by atoms with Gasteiger partial charge in [-0.1, -0.05) is 0 Å². The van der Waals surface area contributed by atoms with Crippen LogP contribution in [-0.4, -0.2) is 39.4 Å². The van der Waals surface area contributed by atoms with Crippen LogP contribution in [-0.2, 0) is 7.05 Å². The zero-order valence-electron chi connectivity index (χ0n) is 10.7. The molecule has 6 nitrogen and oxygen atoms in total. The molecule has 1 aliphatic carbocycles. The van der Waals surface area contributed by atoms with E-state index >= 15 is 0 Å². The summed E-state index contributed by atoms with van der Waals surface area (Å²) < 4.78 is 1.77. The van der Waals surface area contributed by atoms with E-state index in [1.54, 1.807) is 11.0 Å². The van der Waals surface area contributed by atoms with Crippen molar-refractivity contribution in [2.24, 2.45) is 18.7 Å². The molecule has 0 bridgehead atoms. The van der Waals surface area contributed by atoms with E-state index in [1.165, 1.54) is 12.8 Å². The first-order chi connectivity index (χ1) is 8.72. The van der Waals surface area contributed by atoms with Crippen molar-refractivity contribution in [1.82, 2.24) is 19.7 Å². The lowest BCUT2D eigenvalue weighted by Gasteiger charge is -2.28. The minimum absolute atomic E-state index is 0.364. The summed E-state index contributed by atoms with van der Waals surface area (Å²) in [6.07, 6.45) is 5.96. The number of hydrogen-bond acceptors (Lipinski definition) is 5. The van der Waals surface area contributed by atoms with Gasteiger partial charge in [0.25, 0.3) is 0 Å². The molecule has 2 aromatic heterocycles. The van der Waals surface area contributed by atoms with E-state index in [9.17, 15) is 0 Å². The topological polar surface area (TPSA) is 72.9 Å². The standard InChI is InChI=1S/C12H18N6/c1-17(10(5-13)8-3-4-8)11-9-6-16-18(2)12(9)15-7-14-11/h6-8,10H,3-5,13H2,1-2H3. The molecule has 0 amide bonds. The van der Waals surface area contributed by atoms with Crippen LogP contribution in [0.4, 0.5) is 5.82 Å². The van der Waals surface area contributed by atoms with Crippen molar-refractivity contribution in [3.63, 3.8) is 0 Å². The fourth-order valence-electron chi connectivity index (χ4n) is 2.54. The molecule has 3 rings (SSSR count). The molecule has 2 aromatic rings. The monoisotopic (exact) mass is 246 g/mol. The summed E-state index contributed by atoms with van der Waals surface area (Å²) in [5.41, 5.74) is 6.75. The Morgan fingerprint density at radius 3 is 2.94 bits per heavy atom. The average Bonchev–Trinajstić information content (AvgIpc) is 3.14. The molecule has 0 spiro atoms. The normalized spacial score (nSPS) is 17.1. The van der Waals surface area contributed by atoms with E-state index in [0.29, 0.717) is 18.5 Å². The van der Waals surface area contributed by atoms with Gasteiger partial charge in [0, 0.05) is 26.7 Å². The molecular weight excluding hydrogens is 228 g/mol. The molecule has 2 heterocycles. The quantitative estimate of drug-likeness (QED) is 0.852. The summed E-state index contributed by atoms with van der Waals surface area (Å²) in [6.45, 7) is 0.660. The molecule has 0 radical (unpaired) electrons. The van der Waals surface area contributed by atoms with Gasteiger partial charge in [-0.15, -0.1) is 0 Å². The van der Waals surface area contributed by atoms with Crippen molar-refractivity contribution >= 4 is 16.9 Å². The second-order valence-corrected chi connectivity index (χ2v) is 4.95. The Morgan fingerprint density at radius 1 is 1.50 bits per heavy atom. The van der Waals surface area contributed by atoms with Gasteiger partial charge in [-0.3, -0.25) is 4.68 Å². The van der Waals surface area contributed by atoms with E-state index in [-0.39, 0.29) is 0 Å². The minimum Gasteiger partial charge on any atom is -0.354 e. The van der Waals surface area contributed by atoms with E-state index < -0.39 is 0 Å². The largest absolute Gasteiger partial charge is 0.354 e. The van der Waals surface area contributed by atoms with Crippen LogP contribution >= 0.6 is 0 Å². The second kappa shape index (κ2) is 4.20. The number of hydrogen-bond donors (Lipinski definition) is 1. The third-order valence-corrected chi connectivity index (χ3v) is 3.75. The molecule has 1 unspecified atom stereocenters. The summed E-state index contributed by atoms with van der Waals surface area (Å²) >= 11 is 0. The molecule has 1 aliphatic rings. The maximum atomic E-state index is 5.90. The number of anilines is 1. The summed E-state index contributed by atoms with van der Waals surface area (Å²) in [5.74, 6) is 1.64. The Balaban J connectivity index is 2.02. The highest BCUT2D eigenvalue weighted by Gasteiger charge is 2.34. The van der Waals surface area contributed by atoms with Crippen molar-refractivity contribution in [2.45, 2.75) is 18.9 Å². The highest BCUT2D eigenvalue weighted by molar-refractivity contribution is 5.86. The molecule has 1 saturated carbocycles. The second-order valence-electron chi connectivity index (χ2n) is 4.95. The number of fused-ring (bicyclic) bond motifs is 1. The number of likely N-dealkylation sites (N-methyl/N-ethyl adjacent to an activating group) is 1. The van der Waals surface area contributed by atoms with Gasteiger partial charge in [0.15, 0.2) is 5.65 Å². The van der Waals surface area contributed by atoms with Crippen molar-refractivity contribution < 1.29 is 0 Å². The highest BCUT2D eigenvalue weighted by atomic mass is 15.3. The van der Waals surface area contributed by atoms with Crippen molar-refractivity contribution in [2.75, 3.05) is 18.5 Å². The minimum atomic E-state index is 0.364. The Hall–Kier alpha value is -1.69. The van der Waals surface area contributed by atoms with E-state index in [2.05, 4.69) is 27.0 Å². The first-order valence-electron chi connectivity index (χ1n) is 6.28. The number of nitrogens with two attached hydrogens (primary N) is 1. The highest BCUT2D eigenvalue weighted by Crippen LogP contribution is 2.36. The zero-order valence-corrected chi connectivity index (χ0v) is 10.7. The average molecular weight is 246 g/mol. The summed E-state index contributed by atoms with van der Waals surface area (Å²) in [5, 5.41) is 5.23. The van der Waals surface area contributed by atoms with Gasteiger partial charge in [-0.25, -0.2) is 9.97 Å². The lowest BCUT2D eigenvalue weighted by molar-refractivity contribution is 0.567. The summed E-state index contributed by atoms with van der Waals surface area (Å²) in [4.78, 5) is 10.8. The molecular formula is C12H18N6. The molecule has 96 valence electrons. The number of aromatic nitrogens is 4. The van der Waals surface area contributed by atoms with Gasteiger partial charge in [0.2, 0.25) is 0 Å². The predicted molar refractivity (Wildman–Crippen MR) is 70.3 cm³/mol. The van der Waals surface area contributed by atoms with Gasteiger partial charge in [-0.2, -0.15) is 5.10 Å². The van der Waals surface area contributed by atoms with Crippen LogP contribution in [0.3, 0.4) is 0 Å². The molecule has 1 atom stereocenters. The Kier molecular flexibility index (Phi) is 2.66. The van der Waals surface area contributed by atoms with Crippen LogP contribution < -0.4 is 10.6 Å². The maximum absolute atomic E-state index is 5.90. The van der Waals surface area contributed by atoms with E-state index in [1.807, 2.05) is 13.2 Å². The summed E-state index contributed by atoms with van der Waals surface area (Å²) in [7, 11) is 3.95. The van der Waals surface area contributed by atoms with Crippen molar-refractivity contribution in [3.05, 3.63) is 12.5 Å². The predicted octanol–water partition coefficient (Wildman–Crippen LogP) is 0.537. The Bertz CT molecular complexity index is 559. The lowest BCUT2D eigenvalue weighted by atomic mass is 10.1. The Labute approximate surface area is 106 Å². The Morgan fingerprint density at radius 2 is 2.28 bits per heavy atom. The van der Waals surface area contributed by atoms with Crippen LogP contribution in [0.15, 0.2) is 12.5 Å².